The van der Waals surface area contributed by atoms with Crippen LogP contribution in [-0.4, -0.2) is 41.2 Å². The molecular weight excluding hydrogens is 560 g/mol. The van der Waals surface area contributed by atoms with Gasteiger partial charge in [0, 0.05) is 23.6 Å². The largest absolute Gasteiger partial charge is 0.507 e. The number of non-ortho nitro benzene ring substituents is 1. The Bertz CT molecular complexity index is 1650. The number of aromatic hydroxyl groups is 1. The number of carbonyl (C=O) groups is 2. The summed E-state index contributed by atoms with van der Waals surface area (Å²) >= 11 is 0. The van der Waals surface area contributed by atoms with Gasteiger partial charge in [-0.15, -0.1) is 0 Å². The molecule has 9 nitrogen and oxygen atoms in total. The molecule has 2 saturated heterocycles. The Kier molecular flexibility index (Phi) is 8.30. The zero-order valence-electron chi connectivity index (χ0n) is 24.4. The fourth-order valence-electron chi connectivity index (χ4n) is 6.79. The lowest BCUT2D eigenvalue weighted by Gasteiger charge is -2.31. The molecule has 1 aliphatic carbocycles. The molecule has 3 aliphatic rings. The third kappa shape index (κ3) is 5.63. The number of phenols is 1. The molecule has 0 bridgehead atoms. The van der Waals surface area contributed by atoms with Gasteiger partial charge in [0.25, 0.3) is 5.69 Å². The summed E-state index contributed by atoms with van der Waals surface area (Å²) in [6.07, 6.45) is 4.35. The van der Waals surface area contributed by atoms with Crippen molar-refractivity contribution in [3.05, 3.63) is 111 Å². The summed E-state index contributed by atoms with van der Waals surface area (Å²) in [5.74, 6) is -1.25. The van der Waals surface area contributed by atoms with Crippen LogP contribution in [0.4, 0.5) is 11.4 Å². The van der Waals surface area contributed by atoms with Gasteiger partial charge in [0.2, 0.25) is 11.8 Å². The van der Waals surface area contributed by atoms with E-state index in [0.29, 0.717) is 25.2 Å². The number of carbonyl (C=O) groups excluding carboxylic acids is 2. The second-order valence-electron chi connectivity index (χ2n) is 11.5. The monoisotopic (exact) mass is 594 g/mol. The first-order valence-corrected chi connectivity index (χ1v) is 15.0. The average Bonchev–Trinajstić information content (AvgIpc) is 3.57. The average molecular weight is 595 g/mol. The van der Waals surface area contributed by atoms with E-state index < -0.39 is 16.8 Å². The predicted molar refractivity (Wildman–Crippen MR) is 165 cm³/mol. The quantitative estimate of drug-likeness (QED) is 0.124. The summed E-state index contributed by atoms with van der Waals surface area (Å²) < 4.78 is 12.5. The van der Waals surface area contributed by atoms with Crippen LogP contribution in [0, 0.1) is 27.9 Å². The van der Waals surface area contributed by atoms with Crippen LogP contribution >= 0.6 is 0 Å². The standard InChI is InChI=1S/C35H34N2O7/c1-2-22(17-23-9-6-7-14-30(23)38)15-16-31-32-24(20-43-27-12-4-3-5-13-27)18-28-33(29(32)21-44-31)35(40)36(34(28)39)25-10-8-11-26(19-25)37(41)42/h3-14,17,19,28-29,31,33,38H,2,15-16,18,20-21H2,1H3/b22-17+/t28-,29+,31-,33-/m1/s1. The third-order valence-corrected chi connectivity index (χ3v) is 8.94. The Morgan fingerprint density at radius 1 is 1.05 bits per heavy atom. The van der Waals surface area contributed by atoms with E-state index in [-0.39, 0.29) is 47.6 Å². The zero-order chi connectivity index (χ0) is 30.8. The van der Waals surface area contributed by atoms with Gasteiger partial charge in [-0.3, -0.25) is 19.7 Å². The Balaban J connectivity index is 1.29. The van der Waals surface area contributed by atoms with Crippen molar-refractivity contribution < 1.29 is 29.1 Å². The van der Waals surface area contributed by atoms with Crippen LogP contribution in [0.3, 0.4) is 0 Å². The highest BCUT2D eigenvalue weighted by Gasteiger charge is 2.57. The molecule has 226 valence electrons. The van der Waals surface area contributed by atoms with E-state index in [2.05, 4.69) is 6.92 Å². The van der Waals surface area contributed by atoms with Crippen molar-refractivity contribution in [3.8, 4) is 11.5 Å². The minimum absolute atomic E-state index is 0.179. The number of rotatable bonds is 10. The van der Waals surface area contributed by atoms with Crippen molar-refractivity contribution in [2.45, 2.75) is 38.7 Å². The second-order valence-corrected chi connectivity index (χ2v) is 11.5. The highest BCUT2D eigenvalue weighted by Crippen LogP contribution is 2.51. The molecule has 0 aromatic heterocycles. The number of fused-ring (bicyclic) bond motifs is 3. The molecule has 2 aliphatic heterocycles. The maximum Gasteiger partial charge on any atom is 0.271 e. The van der Waals surface area contributed by atoms with E-state index in [0.717, 1.165) is 34.5 Å². The van der Waals surface area contributed by atoms with E-state index in [1.165, 1.54) is 23.8 Å². The van der Waals surface area contributed by atoms with Crippen molar-refractivity contribution in [2.75, 3.05) is 18.1 Å². The number of nitro benzene ring substituents is 1. The summed E-state index contributed by atoms with van der Waals surface area (Å²) in [4.78, 5) is 39.7. The minimum Gasteiger partial charge on any atom is -0.507 e. The highest BCUT2D eigenvalue weighted by atomic mass is 16.6. The number of nitrogens with zero attached hydrogens (tertiary/aromatic N) is 2. The molecule has 0 radical (unpaired) electrons. The van der Waals surface area contributed by atoms with Crippen molar-refractivity contribution in [3.63, 3.8) is 0 Å². The van der Waals surface area contributed by atoms with Gasteiger partial charge < -0.3 is 14.6 Å². The molecular formula is C35H34N2O7. The van der Waals surface area contributed by atoms with Gasteiger partial charge in [0.1, 0.15) is 18.1 Å². The second kappa shape index (κ2) is 12.5. The lowest BCUT2D eigenvalue weighted by Crippen LogP contribution is -2.35. The molecule has 0 spiro atoms. The molecule has 3 aromatic rings. The van der Waals surface area contributed by atoms with Gasteiger partial charge in [0.05, 0.1) is 35.2 Å². The third-order valence-electron chi connectivity index (χ3n) is 8.94. The van der Waals surface area contributed by atoms with Crippen LogP contribution in [0.1, 0.15) is 38.2 Å². The van der Waals surface area contributed by atoms with Gasteiger partial charge >= 0.3 is 0 Å². The molecule has 0 unspecified atom stereocenters. The van der Waals surface area contributed by atoms with E-state index in [1.807, 2.05) is 48.5 Å². The topological polar surface area (TPSA) is 119 Å². The lowest BCUT2D eigenvalue weighted by atomic mass is 9.69. The summed E-state index contributed by atoms with van der Waals surface area (Å²) in [6.45, 7) is 2.66. The molecule has 1 N–H and O–H groups in total. The SMILES string of the molecule is CC/C(=C\c1ccccc1O)CC[C@H]1OC[C@H]2C1=C(COc1ccccc1)C[C@H]1C(=O)N(c3cccc([N+](=O)[O-])c3)C(=O)[C@H]12. The number of hydrogen-bond acceptors (Lipinski definition) is 7. The van der Waals surface area contributed by atoms with Crippen molar-refractivity contribution >= 4 is 29.3 Å². The van der Waals surface area contributed by atoms with E-state index >= 15 is 0 Å². The van der Waals surface area contributed by atoms with Gasteiger partial charge in [-0.05, 0) is 61.1 Å². The van der Waals surface area contributed by atoms with Gasteiger partial charge in [-0.2, -0.15) is 0 Å². The molecule has 44 heavy (non-hydrogen) atoms. The maximum atomic E-state index is 13.9. The first-order valence-electron chi connectivity index (χ1n) is 15.0. The van der Waals surface area contributed by atoms with E-state index in [4.69, 9.17) is 9.47 Å². The first kappa shape index (κ1) is 29.3. The molecule has 2 heterocycles. The van der Waals surface area contributed by atoms with Crippen LogP contribution in [0.15, 0.2) is 95.6 Å². The van der Waals surface area contributed by atoms with Crippen LogP contribution < -0.4 is 9.64 Å². The fraction of sp³-hybridized carbons (Fsp3) is 0.314. The fourth-order valence-corrected chi connectivity index (χ4v) is 6.79. The lowest BCUT2D eigenvalue weighted by molar-refractivity contribution is -0.384. The molecule has 2 fully saturated rings. The van der Waals surface area contributed by atoms with Crippen LogP contribution in [0.2, 0.25) is 0 Å². The first-order chi connectivity index (χ1) is 21.4. The number of anilines is 1. The van der Waals surface area contributed by atoms with Crippen molar-refractivity contribution in [1.82, 2.24) is 0 Å². The normalized spacial score (nSPS) is 23.1. The van der Waals surface area contributed by atoms with Gasteiger partial charge in [-0.1, -0.05) is 61.0 Å². The minimum atomic E-state index is -0.607. The number of phenolic OH excluding ortho intramolecular Hbond substituents is 1. The van der Waals surface area contributed by atoms with Crippen LogP contribution in [0.5, 0.6) is 11.5 Å². The Labute approximate surface area is 255 Å². The summed E-state index contributed by atoms with van der Waals surface area (Å²) in [6, 6.07) is 22.4. The van der Waals surface area contributed by atoms with Crippen molar-refractivity contribution in [2.24, 2.45) is 17.8 Å². The Hall–Kier alpha value is -4.76. The zero-order valence-corrected chi connectivity index (χ0v) is 24.4. The smallest absolute Gasteiger partial charge is 0.271 e. The number of ether oxygens (including phenoxy) is 2. The molecule has 6 rings (SSSR count). The molecule has 3 aromatic carbocycles. The number of nitro groups is 1. The summed E-state index contributed by atoms with van der Waals surface area (Å²) in [7, 11) is 0. The maximum absolute atomic E-state index is 13.9. The molecule has 2 amide bonds. The number of imide groups is 1. The van der Waals surface area contributed by atoms with E-state index in [9.17, 15) is 24.8 Å². The van der Waals surface area contributed by atoms with Crippen molar-refractivity contribution in [1.29, 1.82) is 0 Å². The molecule has 9 heteroatoms. The van der Waals surface area contributed by atoms with Crippen LogP contribution in [0.25, 0.3) is 6.08 Å². The Morgan fingerprint density at radius 2 is 1.82 bits per heavy atom. The molecule has 0 saturated carbocycles. The predicted octanol–water partition coefficient (Wildman–Crippen LogP) is 6.47. The van der Waals surface area contributed by atoms with E-state index in [1.54, 1.807) is 18.2 Å². The Morgan fingerprint density at radius 3 is 2.57 bits per heavy atom. The number of allylic oxidation sites excluding steroid dienone is 1. The summed E-state index contributed by atoms with van der Waals surface area (Å²) in [5, 5.41) is 21.7. The number of amides is 2. The highest BCUT2D eigenvalue weighted by molar-refractivity contribution is 6.22. The molecule has 4 atom stereocenters. The summed E-state index contributed by atoms with van der Waals surface area (Å²) in [5.41, 5.74) is 3.96. The number of para-hydroxylation sites is 2. The number of hydrogen-bond donors (Lipinski definition) is 1. The number of benzene rings is 3. The van der Waals surface area contributed by atoms with Gasteiger partial charge in [0.15, 0.2) is 0 Å². The van der Waals surface area contributed by atoms with Gasteiger partial charge in [-0.25, -0.2) is 4.90 Å². The van der Waals surface area contributed by atoms with Crippen LogP contribution in [-0.2, 0) is 14.3 Å².